The van der Waals surface area contributed by atoms with E-state index in [4.69, 9.17) is 37.8 Å². The molecule has 2 N–H and O–H groups in total. The second-order valence-electron chi connectivity index (χ2n) is 10.3. The zero-order valence-electron chi connectivity index (χ0n) is 22.7. The second-order valence-corrected chi connectivity index (χ2v) is 13.0. The minimum absolute atomic E-state index is 0.140. The number of halogens is 6. The first-order chi connectivity index (χ1) is 19.4. The topological polar surface area (TPSA) is 113 Å². The fraction of sp³-hybridized carbons (Fsp3) is 0.481. The molecule has 42 heavy (non-hydrogen) atoms. The van der Waals surface area contributed by atoms with Crippen LogP contribution in [0.5, 0.6) is 5.75 Å². The van der Waals surface area contributed by atoms with E-state index in [2.05, 4.69) is 11.8 Å². The number of sulfonamides is 1. The summed E-state index contributed by atoms with van der Waals surface area (Å²) in [6.07, 6.45) is -0.369. The van der Waals surface area contributed by atoms with E-state index in [0.717, 1.165) is 56.2 Å². The molecule has 232 valence electrons. The van der Waals surface area contributed by atoms with Crippen molar-refractivity contribution < 1.29 is 45.4 Å². The number of carboxylic acid groups (broad SMARTS) is 1. The third-order valence-electron chi connectivity index (χ3n) is 6.82. The van der Waals surface area contributed by atoms with Gasteiger partial charge in [-0.2, -0.15) is 13.2 Å². The number of nitrogens with zero attached hydrogens (tertiary/aromatic N) is 1. The van der Waals surface area contributed by atoms with E-state index in [1.54, 1.807) is 6.07 Å². The maximum absolute atomic E-state index is 14.8. The number of carboxylic acids is 1. The number of piperidine rings is 1. The molecule has 2 aromatic carbocycles. The van der Waals surface area contributed by atoms with Gasteiger partial charge in [-0.15, -0.1) is 0 Å². The normalized spacial score (nSPS) is 18.4. The average molecular weight is 658 g/mol. The molecule has 0 aromatic heterocycles. The number of alkyl halides is 3. The van der Waals surface area contributed by atoms with Crippen molar-refractivity contribution in [3.63, 3.8) is 0 Å². The summed E-state index contributed by atoms with van der Waals surface area (Å²) in [6.45, 7) is 4.33. The van der Waals surface area contributed by atoms with E-state index in [-0.39, 0.29) is 23.4 Å². The maximum Gasteiger partial charge on any atom is 0.490 e. The van der Waals surface area contributed by atoms with Crippen molar-refractivity contribution in [2.45, 2.75) is 50.7 Å². The molecule has 2 fully saturated rings. The highest BCUT2D eigenvalue weighted by atomic mass is 35.5. The van der Waals surface area contributed by atoms with Crippen LogP contribution in [0.2, 0.25) is 10.0 Å². The number of ether oxygens (including phenoxy) is 1. The summed E-state index contributed by atoms with van der Waals surface area (Å²) >= 11 is 12.4. The molecule has 0 bridgehead atoms. The number of carbonyl (C=O) groups excluding carboxylic acids is 1. The average Bonchev–Trinajstić information content (AvgIpc) is 3.71. The van der Waals surface area contributed by atoms with Gasteiger partial charge in [0.1, 0.15) is 11.6 Å². The molecule has 0 unspecified atom stereocenters. The van der Waals surface area contributed by atoms with Gasteiger partial charge in [0, 0.05) is 34.6 Å². The Labute approximate surface area is 251 Å². The Morgan fingerprint density at radius 3 is 2.24 bits per heavy atom. The lowest BCUT2D eigenvalue weighted by atomic mass is 9.95. The van der Waals surface area contributed by atoms with Crippen molar-refractivity contribution in [1.82, 2.24) is 9.62 Å². The number of amides is 1. The van der Waals surface area contributed by atoms with Gasteiger partial charge < -0.3 is 9.84 Å². The standard InChI is InChI=1S/C25H29Cl2FN2O4S.C2HF3O2/c1-15(18-8-19(26)10-20(27)9-18)30-7-3-4-16(13-30)14-34-24-12-23(28)22(11-21(24)17-5-6-17)25(31)29-35(2,32)33;3-2(4,5)1(6)7/h8-12,15-17H,3-7,13-14H2,1-2H3,(H,29,31);(H,6,7)/t15-,16+;/m1./s1. The van der Waals surface area contributed by atoms with Crippen LogP contribution in [-0.4, -0.2) is 62.4 Å². The molecular formula is C27H30Cl2F4N2O6S. The molecule has 2 aromatic rings. The Balaban J connectivity index is 0.000000616. The summed E-state index contributed by atoms with van der Waals surface area (Å²) < 4.78 is 77.2. The van der Waals surface area contributed by atoms with E-state index in [1.807, 2.05) is 16.9 Å². The van der Waals surface area contributed by atoms with Crippen LogP contribution in [0.1, 0.15) is 66.1 Å². The van der Waals surface area contributed by atoms with Gasteiger partial charge in [0.2, 0.25) is 10.0 Å². The lowest BCUT2D eigenvalue weighted by molar-refractivity contribution is -0.192. The predicted molar refractivity (Wildman–Crippen MR) is 149 cm³/mol. The Hall–Kier alpha value is -2.61. The van der Waals surface area contributed by atoms with Crippen molar-refractivity contribution in [2.24, 2.45) is 5.92 Å². The summed E-state index contributed by atoms with van der Waals surface area (Å²) in [7, 11) is -3.79. The molecular weight excluding hydrogens is 627 g/mol. The van der Waals surface area contributed by atoms with Crippen molar-refractivity contribution in [3.8, 4) is 5.75 Å². The minimum Gasteiger partial charge on any atom is -0.493 e. The van der Waals surface area contributed by atoms with E-state index in [9.17, 15) is 30.8 Å². The summed E-state index contributed by atoms with van der Waals surface area (Å²) in [5.41, 5.74) is 1.52. The largest absolute Gasteiger partial charge is 0.493 e. The second kappa shape index (κ2) is 13.8. The third kappa shape index (κ3) is 9.99. The number of nitrogens with one attached hydrogen (secondary N) is 1. The van der Waals surface area contributed by atoms with Crippen molar-refractivity contribution in [2.75, 3.05) is 26.0 Å². The Bertz CT molecular complexity index is 1400. The van der Waals surface area contributed by atoms with E-state index in [0.29, 0.717) is 22.4 Å². The molecule has 1 heterocycles. The fourth-order valence-corrected chi connectivity index (χ4v) is 5.62. The highest BCUT2D eigenvalue weighted by Crippen LogP contribution is 2.45. The highest BCUT2D eigenvalue weighted by molar-refractivity contribution is 7.89. The van der Waals surface area contributed by atoms with Crippen LogP contribution in [0.4, 0.5) is 17.6 Å². The zero-order chi connectivity index (χ0) is 31.4. The highest BCUT2D eigenvalue weighted by Gasteiger charge is 2.38. The number of hydrogen-bond acceptors (Lipinski definition) is 6. The number of carbonyl (C=O) groups is 2. The van der Waals surface area contributed by atoms with E-state index >= 15 is 0 Å². The molecule has 4 rings (SSSR count). The maximum atomic E-state index is 14.8. The summed E-state index contributed by atoms with van der Waals surface area (Å²) in [4.78, 5) is 23.5. The van der Waals surface area contributed by atoms with Gasteiger partial charge in [0.05, 0.1) is 18.4 Å². The lowest BCUT2D eigenvalue weighted by Crippen LogP contribution is -2.39. The van der Waals surface area contributed by atoms with Gasteiger partial charge >= 0.3 is 12.1 Å². The van der Waals surface area contributed by atoms with Gasteiger partial charge in [-0.3, -0.25) is 9.69 Å². The molecule has 1 aliphatic heterocycles. The number of hydrogen-bond donors (Lipinski definition) is 2. The molecule has 2 aliphatic rings. The van der Waals surface area contributed by atoms with Gasteiger partial charge in [0.25, 0.3) is 5.91 Å². The number of likely N-dealkylation sites (tertiary alicyclic amines) is 1. The molecule has 1 saturated heterocycles. The van der Waals surface area contributed by atoms with Crippen molar-refractivity contribution in [1.29, 1.82) is 0 Å². The summed E-state index contributed by atoms with van der Waals surface area (Å²) in [5, 5.41) is 8.35. The van der Waals surface area contributed by atoms with Crippen LogP contribution in [-0.2, 0) is 14.8 Å². The molecule has 1 aliphatic carbocycles. The Kier molecular flexibility index (Phi) is 11.1. The van der Waals surface area contributed by atoms with Crippen LogP contribution >= 0.6 is 23.2 Å². The predicted octanol–water partition coefficient (Wildman–Crippen LogP) is 6.18. The van der Waals surface area contributed by atoms with Crippen LogP contribution in [0, 0.1) is 11.7 Å². The van der Waals surface area contributed by atoms with Crippen LogP contribution in [0.3, 0.4) is 0 Å². The molecule has 1 saturated carbocycles. The molecule has 0 radical (unpaired) electrons. The van der Waals surface area contributed by atoms with Gasteiger partial charge in [0.15, 0.2) is 0 Å². The van der Waals surface area contributed by atoms with Gasteiger partial charge in [-0.05, 0) is 80.5 Å². The quantitative estimate of drug-likeness (QED) is 0.326. The summed E-state index contributed by atoms with van der Waals surface area (Å²) in [6, 6.07) is 8.37. The Morgan fingerprint density at radius 2 is 1.71 bits per heavy atom. The first kappa shape index (κ1) is 33.9. The third-order valence-corrected chi connectivity index (χ3v) is 7.81. The monoisotopic (exact) mass is 656 g/mol. The van der Waals surface area contributed by atoms with E-state index in [1.165, 1.54) is 12.1 Å². The van der Waals surface area contributed by atoms with Crippen molar-refractivity contribution >= 4 is 45.1 Å². The van der Waals surface area contributed by atoms with Crippen LogP contribution in [0.15, 0.2) is 30.3 Å². The first-order valence-electron chi connectivity index (χ1n) is 12.9. The number of benzene rings is 2. The zero-order valence-corrected chi connectivity index (χ0v) is 25.0. The smallest absolute Gasteiger partial charge is 0.490 e. The van der Waals surface area contributed by atoms with Gasteiger partial charge in [-0.25, -0.2) is 22.3 Å². The van der Waals surface area contributed by atoms with Crippen LogP contribution in [0.25, 0.3) is 0 Å². The SMILES string of the molecule is C[C@H](c1cc(Cl)cc(Cl)c1)N1CCC[C@H](COc2cc(F)c(C(=O)NS(C)(=O)=O)cc2C2CC2)C1.O=C(O)C(F)(F)F. The molecule has 8 nitrogen and oxygen atoms in total. The van der Waals surface area contributed by atoms with Crippen molar-refractivity contribution in [3.05, 3.63) is 62.9 Å². The fourth-order valence-electron chi connectivity index (χ4n) is 4.63. The summed E-state index contributed by atoms with van der Waals surface area (Å²) in [5.74, 6) is -3.67. The first-order valence-corrected chi connectivity index (χ1v) is 15.6. The lowest BCUT2D eigenvalue weighted by Gasteiger charge is -2.37. The molecule has 15 heteroatoms. The molecule has 0 spiro atoms. The van der Waals surface area contributed by atoms with Crippen LogP contribution < -0.4 is 9.46 Å². The van der Waals surface area contributed by atoms with E-state index < -0.39 is 33.9 Å². The molecule has 2 atom stereocenters. The van der Waals surface area contributed by atoms with Gasteiger partial charge in [-0.1, -0.05) is 23.2 Å². The molecule has 1 amide bonds. The Morgan fingerprint density at radius 1 is 1.12 bits per heavy atom. The number of rotatable bonds is 8. The minimum atomic E-state index is -5.08. The number of aliphatic carboxylic acids is 1.